The summed E-state index contributed by atoms with van der Waals surface area (Å²) in [6, 6.07) is 13.1. The highest BCUT2D eigenvalue weighted by Gasteiger charge is 2.21. The smallest absolute Gasteiger partial charge is 0.335 e. The normalized spacial score (nSPS) is 14.2. The third-order valence-electron chi connectivity index (χ3n) is 5.20. The molecule has 0 bridgehead atoms. The number of benzene rings is 2. The van der Waals surface area contributed by atoms with Crippen molar-refractivity contribution in [3.63, 3.8) is 0 Å². The fourth-order valence-corrected chi connectivity index (χ4v) is 3.81. The maximum Gasteiger partial charge on any atom is 0.335 e. The maximum absolute atomic E-state index is 13.6. The molecule has 1 saturated heterocycles. The Hall–Kier alpha value is -3.41. The van der Waals surface area contributed by atoms with Crippen LogP contribution in [0.4, 0.5) is 10.1 Å². The highest BCUT2D eigenvalue weighted by molar-refractivity contribution is 5.96. The maximum atomic E-state index is 13.6. The number of carboxylic acid groups (broad SMARTS) is 1. The van der Waals surface area contributed by atoms with Crippen molar-refractivity contribution in [1.82, 2.24) is 4.98 Å². The number of nitrogens with zero attached hydrogens (tertiary/aromatic N) is 2. The number of furan rings is 1. The lowest BCUT2D eigenvalue weighted by molar-refractivity contribution is 0.0697. The van der Waals surface area contributed by atoms with Gasteiger partial charge in [0.1, 0.15) is 17.1 Å². The molecule has 3 heterocycles. The van der Waals surface area contributed by atoms with Crippen molar-refractivity contribution >= 4 is 33.5 Å². The summed E-state index contributed by atoms with van der Waals surface area (Å²) < 4.78 is 19.5. The van der Waals surface area contributed by atoms with Crippen LogP contribution < -0.4 is 4.90 Å². The summed E-state index contributed by atoms with van der Waals surface area (Å²) in [5.41, 5.74) is 3.12. The lowest BCUT2D eigenvalue weighted by atomic mass is 10.1. The Balaban J connectivity index is 1.73. The van der Waals surface area contributed by atoms with Crippen molar-refractivity contribution in [3.8, 4) is 11.5 Å². The van der Waals surface area contributed by atoms with E-state index in [2.05, 4.69) is 4.90 Å². The van der Waals surface area contributed by atoms with E-state index in [1.54, 1.807) is 30.3 Å². The molecule has 1 aliphatic heterocycles. The lowest BCUT2D eigenvalue weighted by Gasteiger charge is -2.20. The Kier molecular flexibility index (Phi) is 3.79. The number of pyridine rings is 1. The van der Waals surface area contributed by atoms with Gasteiger partial charge in [-0.05, 0) is 61.4 Å². The van der Waals surface area contributed by atoms with E-state index in [9.17, 15) is 14.3 Å². The number of carboxylic acids is 1. The Morgan fingerprint density at radius 1 is 1.04 bits per heavy atom. The van der Waals surface area contributed by atoms with E-state index in [4.69, 9.17) is 9.40 Å². The predicted molar refractivity (Wildman–Crippen MR) is 105 cm³/mol. The first-order valence-corrected chi connectivity index (χ1v) is 9.21. The second-order valence-corrected chi connectivity index (χ2v) is 7.06. The molecule has 0 saturated carbocycles. The zero-order valence-electron chi connectivity index (χ0n) is 15.0. The Labute approximate surface area is 160 Å². The minimum Gasteiger partial charge on any atom is -0.478 e. The summed E-state index contributed by atoms with van der Waals surface area (Å²) in [6.07, 6.45) is 2.19. The van der Waals surface area contributed by atoms with E-state index in [0.29, 0.717) is 27.9 Å². The molecule has 5 nitrogen and oxygen atoms in total. The van der Waals surface area contributed by atoms with E-state index in [1.165, 1.54) is 12.1 Å². The number of rotatable bonds is 3. The Morgan fingerprint density at radius 2 is 1.86 bits per heavy atom. The van der Waals surface area contributed by atoms with Crippen molar-refractivity contribution in [3.05, 3.63) is 59.9 Å². The molecule has 4 aromatic rings. The minimum absolute atomic E-state index is 0.230. The van der Waals surface area contributed by atoms with Crippen LogP contribution >= 0.6 is 0 Å². The van der Waals surface area contributed by atoms with Gasteiger partial charge in [-0.25, -0.2) is 14.2 Å². The molecule has 2 aromatic heterocycles. The fraction of sp³-hybridized carbons (Fsp3) is 0.182. The number of hydrogen-bond donors (Lipinski definition) is 1. The van der Waals surface area contributed by atoms with Gasteiger partial charge < -0.3 is 14.4 Å². The first-order chi connectivity index (χ1) is 13.6. The second-order valence-electron chi connectivity index (χ2n) is 7.06. The summed E-state index contributed by atoms with van der Waals surface area (Å²) in [4.78, 5) is 18.3. The molecule has 5 rings (SSSR count). The van der Waals surface area contributed by atoms with Gasteiger partial charge in [-0.1, -0.05) is 0 Å². The minimum atomic E-state index is -0.965. The fourth-order valence-electron chi connectivity index (χ4n) is 3.81. The van der Waals surface area contributed by atoms with Crippen molar-refractivity contribution in [2.45, 2.75) is 12.8 Å². The Bertz CT molecular complexity index is 1230. The molecule has 1 N–H and O–H groups in total. The molecule has 0 aliphatic carbocycles. The number of anilines is 1. The van der Waals surface area contributed by atoms with Crippen LogP contribution in [0.5, 0.6) is 0 Å². The van der Waals surface area contributed by atoms with Crippen LogP contribution in [0.3, 0.4) is 0 Å². The number of carbonyl (C=O) groups is 1. The van der Waals surface area contributed by atoms with Gasteiger partial charge >= 0.3 is 5.97 Å². The zero-order chi connectivity index (χ0) is 19.3. The van der Waals surface area contributed by atoms with E-state index < -0.39 is 5.97 Å². The molecule has 1 fully saturated rings. The quantitative estimate of drug-likeness (QED) is 0.540. The average Bonchev–Trinajstić information content (AvgIpc) is 3.35. The number of halogens is 1. The van der Waals surface area contributed by atoms with Gasteiger partial charge in [0.25, 0.3) is 0 Å². The van der Waals surface area contributed by atoms with Gasteiger partial charge in [-0.3, -0.25) is 0 Å². The predicted octanol–water partition coefficient (Wildman–Crippen LogP) is 5.09. The SMILES string of the molecule is O=C(O)c1ccc2nc(-c3cc4cc(F)ccc4o3)c(N3CCCC3)cc2c1. The molecule has 0 radical (unpaired) electrons. The summed E-state index contributed by atoms with van der Waals surface area (Å²) in [5, 5.41) is 10.7. The van der Waals surface area contributed by atoms with E-state index in [-0.39, 0.29) is 11.4 Å². The second kappa shape index (κ2) is 6.34. The summed E-state index contributed by atoms with van der Waals surface area (Å²) in [5.74, 6) is -0.702. The van der Waals surface area contributed by atoms with Crippen LogP contribution in [0.2, 0.25) is 0 Å². The van der Waals surface area contributed by atoms with Crippen LogP contribution in [0.1, 0.15) is 23.2 Å². The Morgan fingerprint density at radius 3 is 2.64 bits per heavy atom. The van der Waals surface area contributed by atoms with Gasteiger partial charge in [-0.15, -0.1) is 0 Å². The van der Waals surface area contributed by atoms with Crippen LogP contribution in [-0.4, -0.2) is 29.1 Å². The van der Waals surface area contributed by atoms with Gasteiger partial charge in [-0.2, -0.15) is 0 Å². The molecule has 0 unspecified atom stereocenters. The molecule has 6 heteroatoms. The van der Waals surface area contributed by atoms with Crippen molar-refractivity contribution in [1.29, 1.82) is 0 Å². The largest absolute Gasteiger partial charge is 0.478 e. The van der Waals surface area contributed by atoms with Gasteiger partial charge in [0.2, 0.25) is 0 Å². The number of fused-ring (bicyclic) bond motifs is 2. The number of aromatic carboxylic acids is 1. The van der Waals surface area contributed by atoms with E-state index >= 15 is 0 Å². The molecule has 2 aromatic carbocycles. The van der Waals surface area contributed by atoms with Crippen LogP contribution in [0, 0.1) is 5.82 Å². The molecular formula is C22H17FN2O3. The standard InChI is InChI=1S/C22H17FN2O3/c23-16-4-6-19-15(10-16)12-20(28-19)21-18(25-7-1-2-8-25)11-14-9-13(22(26)27)3-5-17(14)24-21/h3-6,9-12H,1-2,7-8H2,(H,26,27). The topological polar surface area (TPSA) is 66.6 Å². The lowest BCUT2D eigenvalue weighted by Crippen LogP contribution is -2.19. The summed E-state index contributed by atoms with van der Waals surface area (Å²) in [6.45, 7) is 1.82. The molecule has 0 atom stereocenters. The third-order valence-corrected chi connectivity index (χ3v) is 5.20. The third kappa shape index (κ3) is 2.78. The van der Waals surface area contributed by atoms with Gasteiger partial charge in [0.15, 0.2) is 5.76 Å². The molecule has 0 spiro atoms. The molecule has 0 amide bonds. The van der Waals surface area contributed by atoms with Gasteiger partial charge in [0.05, 0.1) is 16.8 Å². The van der Waals surface area contributed by atoms with E-state index in [0.717, 1.165) is 37.0 Å². The van der Waals surface area contributed by atoms with Crippen molar-refractivity contribution < 1.29 is 18.7 Å². The number of aromatic nitrogens is 1. The van der Waals surface area contributed by atoms with Crippen LogP contribution in [0.25, 0.3) is 33.3 Å². The monoisotopic (exact) mass is 376 g/mol. The highest BCUT2D eigenvalue weighted by Crippen LogP contribution is 2.37. The van der Waals surface area contributed by atoms with Crippen LogP contribution in [0.15, 0.2) is 52.9 Å². The first-order valence-electron chi connectivity index (χ1n) is 9.21. The molecule has 140 valence electrons. The zero-order valence-corrected chi connectivity index (χ0v) is 15.0. The van der Waals surface area contributed by atoms with Crippen LogP contribution in [-0.2, 0) is 0 Å². The van der Waals surface area contributed by atoms with Crippen molar-refractivity contribution in [2.75, 3.05) is 18.0 Å². The highest BCUT2D eigenvalue weighted by atomic mass is 19.1. The van der Waals surface area contributed by atoms with Gasteiger partial charge in [0, 0.05) is 23.9 Å². The van der Waals surface area contributed by atoms with Crippen molar-refractivity contribution in [2.24, 2.45) is 0 Å². The molecule has 28 heavy (non-hydrogen) atoms. The number of hydrogen-bond acceptors (Lipinski definition) is 4. The molecular weight excluding hydrogens is 359 g/mol. The summed E-state index contributed by atoms with van der Waals surface area (Å²) >= 11 is 0. The average molecular weight is 376 g/mol. The summed E-state index contributed by atoms with van der Waals surface area (Å²) in [7, 11) is 0. The van der Waals surface area contributed by atoms with E-state index in [1.807, 2.05) is 6.07 Å². The molecule has 1 aliphatic rings. The first kappa shape index (κ1) is 16.7.